The van der Waals surface area contributed by atoms with Crippen molar-refractivity contribution in [2.45, 2.75) is 19.3 Å². The molecule has 0 fully saturated rings. The molecule has 2 rings (SSSR count). The quantitative estimate of drug-likeness (QED) is 0.800. The predicted molar refractivity (Wildman–Crippen MR) is 83.3 cm³/mol. The van der Waals surface area contributed by atoms with Gasteiger partial charge in [0.25, 0.3) is 5.91 Å². The Bertz CT molecular complexity index is 537. The van der Waals surface area contributed by atoms with Gasteiger partial charge in [-0.1, -0.05) is 6.07 Å². The second-order valence-corrected chi connectivity index (χ2v) is 6.33. The average molecular weight is 310 g/mol. The first-order valence-electron chi connectivity index (χ1n) is 6.58. The Morgan fingerprint density at radius 2 is 2.20 bits per heavy atom. The average Bonchev–Trinajstić information content (AvgIpc) is 3.11. The summed E-state index contributed by atoms with van der Waals surface area (Å²) in [5, 5.41) is 13.5. The van der Waals surface area contributed by atoms with Crippen LogP contribution in [-0.4, -0.2) is 41.1 Å². The summed E-state index contributed by atoms with van der Waals surface area (Å²) in [6.45, 7) is 0.915. The minimum Gasteiger partial charge on any atom is -0.396 e. The van der Waals surface area contributed by atoms with E-state index in [1.165, 1.54) is 11.3 Å². The maximum absolute atomic E-state index is 12.2. The summed E-state index contributed by atoms with van der Waals surface area (Å²) in [5.74, 6) is -0.0342. The highest BCUT2D eigenvalue weighted by atomic mass is 32.1. The molecule has 6 heteroatoms. The van der Waals surface area contributed by atoms with Gasteiger partial charge in [-0.05, 0) is 30.7 Å². The normalized spacial score (nSPS) is 10.7. The maximum atomic E-state index is 12.2. The Morgan fingerprint density at radius 3 is 2.90 bits per heavy atom. The standard InChI is InChI=1S/C14H18N2O2S2/c1-16(7-3-2-4-8-17)14(18)11-10-20-13(15-11)12-6-5-9-19-12/h5-6,9-10,17H,2-4,7-8H2,1H3. The lowest BCUT2D eigenvalue weighted by atomic mass is 10.2. The fourth-order valence-electron chi connectivity index (χ4n) is 1.82. The molecule has 0 bridgehead atoms. The Balaban J connectivity index is 1.92. The molecule has 0 saturated carbocycles. The van der Waals surface area contributed by atoms with Crippen molar-refractivity contribution < 1.29 is 9.90 Å². The number of amides is 1. The summed E-state index contributed by atoms with van der Waals surface area (Å²) in [4.78, 5) is 19.4. The van der Waals surface area contributed by atoms with E-state index in [9.17, 15) is 4.79 Å². The van der Waals surface area contributed by atoms with Crippen LogP contribution in [0.4, 0.5) is 0 Å². The molecule has 2 aromatic rings. The first-order valence-corrected chi connectivity index (χ1v) is 8.34. The highest BCUT2D eigenvalue weighted by Gasteiger charge is 2.16. The molecule has 1 amide bonds. The number of thiazole rings is 1. The van der Waals surface area contributed by atoms with Gasteiger partial charge in [0.1, 0.15) is 10.7 Å². The van der Waals surface area contributed by atoms with E-state index in [0.717, 1.165) is 29.1 Å². The number of aliphatic hydroxyl groups is 1. The SMILES string of the molecule is CN(CCCCCO)C(=O)c1csc(-c2cccs2)n1. The van der Waals surface area contributed by atoms with Gasteiger partial charge < -0.3 is 10.0 Å². The van der Waals surface area contributed by atoms with Crippen LogP contribution in [0.5, 0.6) is 0 Å². The van der Waals surface area contributed by atoms with Crippen molar-refractivity contribution in [3.05, 3.63) is 28.6 Å². The van der Waals surface area contributed by atoms with Gasteiger partial charge in [-0.2, -0.15) is 0 Å². The van der Waals surface area contributed by atoms with Crippen molar-refractivity contribution >= 4 is 28.6 Å². The number of rotatable bonds is 7. The fraction of sp³-hybridized carbons (Fsp3) is 0.429. The molecule has 0 saturated heterocycles. The molecule has 1 N–H and O–H groups in total. The lowest BCUT2D eigenvalue weighted by molar-refractivity contribution is 0.0787. The molecular formula is C14H18N2O2S2. The molecular weight excluding hydrogens is 292 g/mol. The van der Waals surface area contributed by atoms with Crippen LogP contribution in [0.2, 0.25) is 0 Å². The summed E-state index contributed by atoms with van der Waals surface area (Å²) < 4.78 is 0. The van der Waals surface area contributed by atoms with Gasteiger partial charge in [-0.15, -0.1) is 22.7 Å². The Labute approximate surface area is 126 Å². The van der Waals surface area contributed by atoms with Gasteiger partial charge in [-0.3, -0.25) is 4.79 Å². The highest BCUT2D eigenvalue weighted by Crippen LogP contribution is 2.28. The lowest BCUT2D eigenvalue weighted by Crippen LogP contribution is -2.28. The summed E-state index contributed by atoms with van der Waals surface area (Å²) >= 11 is 3.13. The van der Waals surface area contributed by atoms with Gasteiger partial charge in [0.2, 0.25) is 0 Å². The van der Waals surface area contributed by atoms with Crippen LogP contribution in [0.1, 0.15) is 29.8 Å². The second-order valence-electron chi connectivity index (χ2n) is 4.53. The Morgan fingerprint density at radius 1 is 1.35 bits per heavy atom. The minimum atomic E-state index is -0.0342. The summed E-state index contributed by atoms with van der Waals surface area (Å²) in [5.41, 5.74) is 0.517. The van der Waals surface area contributed by atoms with Crippen LogP contribution in [0, 0.1) is 0 Å². The number of thiophene rings is 1. The van der Waals surface area contributed by atoms with E-state index >= 15 is 0 Å². The van der Waals surface area contributed by atoms with Crippen LogP contribution in [0.15, 0.2) is 22.9 Å². The van der Waals surface area contributed by atoms with Gasteiger partial charge in [0.15, 0.2) is 0 Å². The van der Waals surface area contributed by atoms with Crippen molar-refractivity contribution in [3.8, 4) is 9.88 Å². The zero-order valence-electron chi connectivity index (χ0n) is 11.4. The maximum Gasteiger partial charge on any atom is 0.273 e. The van der Waals surface area contributed by atoms with Crippen molar-refractivity contribution in [3.63, 3.8) is 0 Å². The third-order valence-electron chi connectivity index (χ3n) is 2.95. The lowest BCUT2D eigenvalue weighted by Gasteiger charge is -2.15. The minimum absolute atomic E-state index is 0.0342. The number of hydrogen-bond donors (Lipinski definition) is 1. The molecule has 0 radical (unpaired) electrons. The van der Waals surface area contributed by atoms with Crippen molar-refractivity contribution in [2.24, 2.45) is 0 Å². The Hall–Kier alpha value is -1.24. The number of hydrogen-bond acceptors (Lipinski definition) is 5. The molecule has 108 valence electrons. The van der Waals surface area contributed by atoms with Crippen molar-refractivity contribution in [2.75, 3.05) is 20.2 Å². The molecule has 0 aliphatic heterocycles. The van der Waals surface area contributed by atoms with Crippen LogP contribution < -0.4 is 0 Å². The number of aliphatic hydroxyl groups excluding tert-OH is 1. The number of aromatic nitrogens is 1. The van der Waals surface area contributed by atoms with Gasteiger partial charge >= 0.3 is 0 Å². The highest BCUT2D eigenvalue weighted by molar-refractivity contribution is 7.20. The van der Waals surface area contributed by atoms with E-state index in [4.69, 9.17) is 5.11 Å². The third kappa shape index (κ3) is 3.88. The van der Waals surface area contributed by atoms with Crippen molar-refractivity contribution in [1.29, 1.82) is 0 Å². The van der Waals surface area contributed by atoms with E-state index in [-0.39, 0.29) is 12.5 Å². The number of carbonyl (C=O) groups is 1. The summed E-state index contributed by atoms with van der Waals surface area (Å²) in [7, 11) is 1.80. The number of nitrogens with zero attached hydrogens (tertiary/aromatic N) is 2. The first-order chi connectivity index (χ1) is 9.72. The van der Waals surface area contributed by atoms with E-state index in [0.29, 0.717) is 12.2 Å². The smallest absolute Gasteiger partial charge is 0.273 e. The molecule has 0 aliphatic carbocycles. The number of carbonyl (C=O) groups excluding carboxylic acids is 1. The number of unbranched alkanes of at least 4 members (excludes halogenated alkanes) is 2. The van der Waals surface area contributed by atoms with Crippen LogP contribution in [0.25, 0.3) is 9.88 Å². The van der Waals surface area contributed by atoms with E-state index in [1.807, 2.05) is 22.9 Å². The topological polar surface area (TPSA) is 53.4 Å². The molecule has 0 spiro atoms. The third-order valence-corrected chi connectivity index (χ3v) is 4.83. The Kier molecular flexibility index (Phi) is 5.70. The molecule has 0 atom stereocenters. The molecule has 20 heavy (non-hydrogen) atoms. The fourth-order valence-corrected chi connectivity index (χ4v) is 3.43. The zero-order chi connectivity index (χ0) is 14.4. The van der Waals surface area contributed by atoms with Gasteiger partial charge in [-0.25, -0.2) is 4.98 Å². The molecule has 0 aromatic carbocycles. The van der Waals surface area contributed by atoms with Crippen LogP contribution >= 0.6 is 22.7 Å². The largest absolute Gasteiger partial charge is 0.396 e. The van der Waals surface area contributed by atoms with E-state index in [1.54, 1.807) is 23.3 Å². The zero-order valence-corrected chi connectivity index (χ0v) is 13.0. The first kappa shape index (κ1) is 15.2. The monoisotopic (exact) mass is 310 g/mol. The molecule has 0 unspecified atom stereocenters. The summed E-state index contributed by atoms with van der Waals surface area (Å²) in [6.07, 6.45) is 2.64. The predicted octanol–water partition coefficient (Wildman–Crippen LogP) is 3.11. The van der Waals surface area contributed by atoms with Crippen molar-refractivity contribution in [1.82, 2.24) is 9.88 Å². The van der Waals surface area contributed by atoms with E-state index < -0.39 is 0 Å². The molecule has 0 aliphatic rings. The molecule has 2 heterocycles. The molecule has 2 aromatic heterocycles. The molecule has 4 nitrogen and oxygen atoms in total. The van der Waals surface area contributed by atoms with Gasteiger partial charge in [0, 0.05) is 25.6 Å². The van der Waals surface area contributed by atoms with Crippen LogP contribution in [0.3, 0.4) is 0 Å². The van der Waals surface area contributed by atoms with Crippen LogP contribution in [-0.2, 0) is 0 Å². The summed E-state index contributed by atoms with van der Waals surface area (Å²) in [6, 6.07) is 3.99. The van der Waals surface area contributed by atoms with Gasteiger partial charge in [0.05, 0.1) is 4.88 Å². The second kappa shape index (κ2) is 7.52. The van der Waals surface area contributed by atoms with E-state index in [2.05, 4.69) is 4.98 Å².